The van der Waals surface area contributed by atoms with Crippen LogP contribution in [0.2, 0.25) is 5.02 Å². The van der Waals surface area contributed by atoms with Gasteiger partial charge in [-0.3, -0.25) is 4.79 Å². The maximum Gasteiger partial charge on any atom is 0.220 e. The van der Waals surface area contributed by atoms with Crippen LogP contribution in [0.4, 0.5) is 0 Å². The van der Waals surface area contributed by atoms with Crippen molar-refractivity contribution in [2.75, 3.05) is 6.61 Å². The highest BCUT2D eigenvalue weighted by atomic mass is 35.5. The monoisotopic (exact) mass is 283 g/mol. The molecule has 0 bridgehead atoms. The second-order valence-corrected chi connectivity index (χ2v) is 5.12. The zero-order chi connectivity index (χ0) is 14.0. The molecule has 1 aromatic carbocycles. The van der Waals surface area contributed by atoms with Crippen LogP contribution in [-0.2, 0) is 4.79 Å². The van der Waals surface area contributed by atoms with Crippen molar-refractivity contribution >= 4 is 17.5 Å². The summed E-state index contributed by atoms with van der Waals surface area (Å²) in [5, 5.41) is 13.1. The molecule has 5 heteroatoms. The number of carbonyl (C=O) groups is 1. The maximum absolute atomic E-state index is 11.6. The summed E-state index contributed by atoms with van der Waals surface area (Å²) in [5.41, 5.74) is 1.57. The normalized spacial score (nSPS) is 19.3. The van der Waals surface area contributed by atoms with Crippen LogP contribution in [0, 0.1) is 0 Å². The summed E-state index contributed by atoms with van der Waals surface area (Å²) in [6.07, 6.45) is 0.543. The van der Waals surface area contributed by atoms with Crippen LogP contribution in [0.3, 0.4) is 0 Å². The molecular weight excluding hydrogens is 266 g/mol. The average Bonchev–Trinajstić information content (AvgIpc) is 2.39. The van der Waals surface area contributed by atoms with E-state index in [1.54, 1.807) is 13.0 Å². The van der Waals surface area contributed by atoms with Gasteiger partial charge in [0.15, 0.2) is 0 Å². The van der Waals surface area contributed by atoms with E-state index < -0.39 is 6.10 Å². The van der Waals surface area contributed by atoms with E-state index >= 15 is 0 Å². The summed E-state index contributed by atoms with van der Waals surface area (Å²) < 4.78 is 5.57. The Kier molecular flexibility index (Phi) is 4.32. The number of nitrogens with one attached hydrogen (secondary N) is 1. The molecule has 1 aromatic rings. The minimum absolute atomic E-state index is 0.00331. The Hall–Kier alpha value is -1.26. The Morgan fingerprint density at radius 2 is 2.37 bits per heavy atom. The van der Waals surface area contributed by atoms with Gasteiger partial charge >= 0.3 is 0 Å². The lowest BCUT2D eigenvalue weighted by atomic mass is 9.96. The van der Waals surface area contributed by atoms with Gasteiger partial charge in [-0.1, -0.05) is 18.5 Å². The Balaban J connectivity index is 2.38. The number of aliphatic hydroxyl groups excluding tert-OH is 1. The number of ether oxygens (including phenoxy) is 1. The van der Waals surface area contributed by atoms with Crippen LogP contribution >= 0.6 is 11.6 Å². The van der Waals surface area contributed by atoms with Gasteiger partial charge in [-0.25, -0.2) is 0 Å². The fourth-order valence-corrected chi connectivity index (χ4v) is 2.46. The van der Waals surface area contributed by atoms with Gasteiger partial charge in [0.2, 0.25) is 5.91 Å². The standard InChI is InChI=1S/C14H18ClNO3/c1-3-13(18)16-12-4-5-19-14-10(12)6-9(8(2)17)7-11(14)15/h6-8,12,17H,3-5H2,1-2H3,(H,16,18). The fraction of sp³-hybridized carbons (Fsp3) is 0.500. The van der Waals surface area contributed by atoms with E-state index in [2.05, 4.69) is 5.32 Å². The van der Waals surface area contributed by atoms with E-state index in [0.29, 0.717) is 30.2 Å². The molecule has 4 nitrogen and oxygen atoms in total. The number of aliphatic hydroxyl groups is 1. The Labute approximate surface area is 117 Å². The molecule has 0 aromatic heterocycles. The van der Waals surface area contributed by atoms with Crippen LogP contribution in [0.1, 0.15) is 50.0 Å². The van der Waals surface area contributed by atoms with Crippen molar-refractivity contribution in [3.05, 3.63) is 28.3 Å². The molecule has 104 valence electrons. The summed E-state index contributed by atoms with van der Waals surface area (Å²) in [4.78, 5) is 11.6. The van der Waals surface area contributed by atoms with Crippen molar-refractivity contribution in [1.29, 1.82) is 0 Å². The van der Waals surface area contributed by atoms with Gasteiger partial charge in [0, 0.05) is 18.4 Å². The van der Waals surface area contributed by atoms with Crippen molar-refractivity contribution in [2.45, 2.75) is 38.8 Å². The van der Waals surface area contributed by atoms with Gasteiger partial charge in [0.1, 0.15) is 5.75 Å². The Morgan fingerprint density at radius 3 is 3.00 bits per heavy atom. The van der Waals surface area contributed by atoms with Crippen molar-refractivity contribution in [2.24, 2.45) is 0 Å². The molecule has 0 aliphatic carbocycles. The lowest BCUT2D eigenvalue weighted by Gasteiger charge is -2.28. The van der Waals surface area contributed by atoms with E-state index in [4.69, 9.17) is 16.3 Å². The third-order valence-electron chi connectivity index (χ3n) is 3.26. The lowest BCUT2D eigenvalue weighted by Crippen LogP contribution is -2.31. The van der Waals surface area contributed by atoms with Crippen LogP contribution < -0.4 is 10.1 Å². The molecule has 0 radical (unpaired) electrons. The topological polar surface area (TPSA) is 58.6 Å². The number of amides is 1. The molecule has 0 spiro atoms. The zero-order valence-corrected chi connectivity index (χ0v) is 11.8. The van der Waals surface area contributed by atoms with E-state index in [0.717, 1.165) is 11.1 Å². The molecule has 1 amide bonds. The molecule has 2 rings (SSSR count). The van der Waals surface area contributed by atoms with E-state index in [1.807, 2.05) is 13.0 Å². The van der Waals surface area contributed by atoms with Crippen LogP contribution in [0.25, 0.3) is 0 Å². The Morgan fingerprint density at radius 1 is 1.63 bits per heavy atom. The number of hydrogen-bond acceptors (Lipinski definition) is 3. The molecule has 2 atom stereocenters. The smallest absolute Gasteiger partial charge is 0.220 e. The van der Waals surface area contributed by atoms with Crippen molar-refractivity contribution in [1.82, 2.24) is 5.32 Å². The van der Waals surface area contributed by atoms with Crippen molar-refractivity contribution in [3.63, 3.8) is 0 Å². The molecule has 1 aliphatic heterocycles. The lowest BCUT2D eigenvalue weighted by molar-refractivity contribution is -0.121. The van der Waals surface area contributed by atoms with Gasteiger partial charge in [0.25, 0.3) is 0 Å². The highest BCUT2D eigenvalue weighted by Crippen LogP contribution is 2.39. The second kappa shape index (κ2) is 5.80. The zero-order valence-electron chi connectivity index (χ0n) is 11.1. The number of rotatable bonds is 3. The van der Waals surface area contributed by atoms with Gasteiger partial charge in [0.05, 0.1) is 23.8 Å². The van der Waals surface area contributed by atoms with Crippen LogP contribution in [-0.4, -0.2) is 17.6 Å². The number of halogens is 1. The molecule has 19 heavy (non-hydrogen) atoms. The van der Waals surface area contributed by atoms with Gasteiger partial charge in [-0.05, 0) is 24.6 Å². The molecular formula is C14H18ClNO3. The predicted octanol–water partition coefficient (Wildman–Crippen LogP) is 2.74. The summed E-state index contributed by atoms with van der Waals surface area (Å²) in [5.74, 6) is 0.607. The molecule has 1 heterocycles. The van der Waals surface area contributed by atoms with E-state index in [1.165, 1.54) is 0 Å². The van der Waals surface area contributed by atoms with Crippen LogP contribution in [0.15, 0.2) is 12.1 Å². The first-order valence-electron chi connectivity index (χ1n) is 6.46. The SMILES string of the molecule is CCC(=O)NC1CCOc2c(Cl)cc(C(C)O)cc21. The molecule has 2 unspecified atom stereocenters. The second-order valence-electron chi connectivity index (χ2n) is 4.71. The van der Waals surface area contributed by atoms with Crippen LogP contribution in [0.5, 0.6) is 5.75 Å². The minimum atomic E-state index is -0.604. The average molecular weight is 284 g/mol. The fourth-order valence-electron chi connectivity index (χ4n) is 2.17. The first-order chi connectivity index (χ1) is 9.02. The molecule has 0 saturated carbocycles. The molecule has 0 fully saturated rings. The first kappa shape index (κ1) is 14.2. The highest BCUT2D eigenvalue weighted by Gasteiger charge is 2.25. The van der Waals surface area contributed by atoms with Crippen molar-refractivity contribution in [3.8, 4) is 5.75 Å². The Bertz CT molecular complexity index is 488. The quantitative estimate of drug-likeness (QED) is 0.897. The van der Waals surface area contributed by atoms with E-state index in [9.17, 15) is 9.90 Å². The third kappa shape index (κ3) is 3.01. The molecule has 0 saturated heterocycles. The molecule has 1 aliphatic rings. The third-order valence-corrected chi connectivity index (χ3v) is 3.54. The highest BCUT2D eigenvalue weighted by molar-refractivity contribution is 6.32. The summed E-state index contributed by atoms with van der Waals surface area (Å²) in [7, 11) is 0. The summed E-state index contributed by atoms with van der Waals surface area (Å²) >= 11 is 6.18. The maximum atomic E-state index is 11.6. The van der Waals surface area contributed by atoms with Gasteiger partial charge in [-0.15, -0.1) is 0 Å². The summed E-state index contributed by atoms with van der Waals surface area (Å²) in [6.45, 7) is 4.02. The summed E-state index contributed by atoms with van der Waals surface area (Å²) in [6, 6.07) is 3.45. The van der Waals surface area contributed by atoms with Gasteiger partial charge < -0.3 is 15.2 Å². The predicted molar refractivity (Wildman–Crippen MR) is 73.4 cm³/mol. The number of fused-ring (bicyclic) bond motifs is 1. The first-order valence-corrected chi connectivity index (χ1v) is 6.84. The van der Waals surface area contributed by atoms with E-state index in [-0.39, 0.29) is 11.9 Å². The largest absolute Gasteiger partial charge is 0.492 e. The molecule has 2 N–H and O–H groups in total. The number of benzene rings is 1. The number of hydrogen-bond donors (Lipinski definition) is 2. The van der Waals surface area contributed by atoms with Crippen molar-refractivity contribution < 1.29 is 14.6 Å². The minimum Gasteiger partial charge on any atom is -0.492 e. The van der Waals surface area contributed by atoms with Gasteiger partial charge in [-0.2, -0.15) is 0 Å². The number of carbonyl (C=O) groups excluding carboxylic acids is 1.